The van der Waals surface area contributed by atoms with E-state index in [-0.39, 0.29) is 5.56 Å². The SMILES string of the molecule is CC1(C)CC2CC(C)(CN2C(=S)Nc2ccc3nc[nH]c(=O)c3c2)C1. The minimum Gasteiger partial charge on any atom is -0.345 e. The van der Waals surface area contributed by atoms with Crippen LogP contribution in [0.25, 0.3) is 10.9 Å². The van der Waals surface area contributed by atoms with Crippen LogP contribution < -0.4 is 10.9 Å². The van der Waals surface area contributed by atoms with Crippen LogP contribution in [0.5, 0.6) is 0 Å². The minimum absolute atomic E-state index is 0.133. The number of nitrogens with one attached hydrogen (secondary N) is 2. The van der Waals surface area contributed by atoms with E-state index in [1.54, 1.807) is 0 Å². The number of fused-ring (bicyclic) bond motifs is 3. The van der Waals surface area contributed by atoms with Crippen LogP contribution >= 0.6 is 12.2 Å². The molecular formula is C19H24N4OS. The van der Waals surface area contributed by atoms with Crippen LogP contribution in [-0.4, -0.2) is 32.6 Å². The first-order chi connectivity index (χ1) is 11.7. The molecule has 1 saturated carbocycles. The summed E-state index contributed by atoms with van der Waals surface area (Å²) in [5, 5.41) is 4.67. The molecule has 0 amide bonds. The predicted molar refractivity (Wildman–Crippen MR) is 105 cm³/mol. The summed E-state index contributed by atoms with van der Waals surface area (Å²) in [6.07, 6.45) is 5.05. The molecule has 2 aromatic rings. The number of benzene rings is 1. The van der Waals surface area contributed by atoms with Gasteiger partial charge in [-0.1, -0.05) is 20.8 Å². The van der Waals surface area contributed by atoms with E-state index in [1.807, 2.05) is 18.2 Å². The summed E-state index contributed by atoms with van der Waals surface area (Å²) in [5.41, 5.74) is 2.09. The Bertz CT molecular complexity index is 906. The molecule has 132 valence electrons. The molecular weight excluding hydrogens is 332 g/mol. The maximum absolute atomic E-state index is 12.0. The van der Waals surface area contributed by atoms with Crippen molar-refractivity contribution >= 4 is 33.9 Å². The number of aromatic nitrogens is 2. The third-order valence-electron chi connectivity index (χ3n) is 5.57. The fourth-order valence-corrected chi connectivity index (χ4v) is 5.37. The van der Waals surface area contributed by atoms with Crippen LogP contribution in [0.15, 0.2) is 29.3 Å². The number of aromatic amines is 1. The average molecular weight is 356 g/mol. The normalized spacial score (nSPS) is 27.5. The Balaban J connectivity index is 1.57. The van der Waals surface area contributed by atoms with Crippen molar-refractivity contribution in [2.75, 3.05) is 11.9 Å². The first-order valence-electron chi connectivity index (χ1n) is 8.80. The second-order valence-electron chi connectivity index (χ2n) is 8.74. The largest absolute Gasteiger partial charge is 0.345 e. The van der Waals surface area contributed by atoms with Crippen LogP contribution in [0, 0.1) is 10.8 Å². The van der Waals surface area contributed by atoms with Gasteiger partial charge < -0.3 is 15.2 Å². The zero-order chi connectivity index (χ0) is 17.8. The van der Waals surface area contributed by atoms with Gasteiger partial charge in [0.1, 0.15) is 0 Å². The van der Waals surface area contributed by atoms with E-state index in [9.17, 15) is 4.79 Å². The van der Waals surface area contributed by atoms with Gasteiger partial charge in [0.05, 0.1) is 17.2 Å². The van der Waals surface area contributed by atoms with Gasteiger partial charge in [0.2, 0.25) is 0 Å². The minimum atomic E-state index is -0.133. The van der Waals surface area contributed by atoms with Crippen LogP contribution in [0.3, 0.4) is 0 Å². The fraction of sp³-hybridized carbons (Fsp3) is 0.526. The van der Waals surface area contributed by atoms with Crippen molar-refractivity contribution in [1.29, 1.82) is 0 Å². The van der Waals surface area contributed by atoms with E-state index in [1.165, 1.54) is 25.6 Å². The van der Waals surface area contributed by atoms with Gasteiger partial charge in [0, 0.05) is 18.3 Å². The third-order valence-corrected chi connectivity index (χ3v) is 5.90. The molecule has 4 rings (SSSR count). The quantitative estimate of drug-likeness (QED) is 0.766. The van der Waals surface area contributed by atoms with Gasteiger partial charge in [-0.15, -0.1) is 0 Å². The molecule has 6 heteroatoms. The highest BCUT2D eigenvalue weighted by molar-refractivity contribution is 7.80. The summed E-state index contributed by atoms with van der Waals surface area (Å²) in [4.78, 5) is 21.1. The Kier molecular flexibility index (Phi) is 3.65. The molecule has 25 heavy (non-hydrogen) atoms. The number of hydrogen-bond acceptors (Lipinski definition) is 3. The van der Waals surface area contributed by atoms with Crippen molar-refractivity contribution in [3.63, 3.8) is 0 Å². The van der Waals surface area contributed by atoms with Gasteiger partial charge in [-0.2, -0.15) is 0 Å². The first-order valence-corrected chi connectivity index (χ1v) is 9.21. The van der Waals surface area contributed by atoms with Gasteiger partial charge in [0.15, 0.2) is 5.11 Å². The van der Waals surface area contributed by atoms with Crippen LogP contribution in [0.1, 0.15) is 40.0 Å². The molecule has 2 heterocycles. The lowest BCUT2D eigenvalue weighted by Crippen LogP contribution is -2.40. The molecule has 2 unspecified atom stereocenters. The lowest BCUT2D eigenvalue weighted by atomic mass is 9.65. The molecule has 2 atom stereocenters. The predicted octanol–water partition coefficient (Wildman–Crippen LogP) is 3.52. The van der Waals surface area contributed by atoms with Gasteiger partial charge in [-0.05, 0) is 60.5 Å². The zero-order valence-electron chi connectivity index (χ0n) is 14.9. The van der Waals surface area contributed by atoms with Crippen molar-refractivity contribution in [3.8, 4) is 0 Å². The van der Waals surface area contributed by atoms with Gasteiger partial charge in [-0.25, -0.2) is 4.98 Å². The molecule has 0 radical (unpaired) electrons. The summed E-state index contributed by atoms with van der Waals surface area (Å²) in [5.74, 6) is 0. The third kappa shape index (κ3) is 3.03. The van der Waals surface area contributed by atoms with Crippen molar-refractivity contribution in [3.05, 3.63) is 34.9 Å². The second-order valence-corrected chi connectivity index (χ2v) is 9.12. The number of anilines is 1. The molecule has 1 aliphatic heterocycles. The Hall–Kier alpha value is -1.95. The zero-order valence-corrected chi connectivity index (χ0v) is 15.7. The van der Waals surface area contributed by atoms with Crippen LogP contribution in [-0.2, 0) is 0 Å². The van der Waals surface area contributed by atoms with Crippen LogP contribution in [0.2, 0.25) is 0 Å². The Morgan fingerprint density at radius 3 is 2.96 bits per heavy atom. The standard InChI is InChI=1S/C19H24N4OS/c1-18(2)7-13-8-19(3,9-18)10-23(13)17(25)22-12-4-5-15-14(6-12)16(24)21-11-20-15/h4-6,11,13H,7-10H2,1-3H3,(H,22,25)(H,20,21,24). The highest BCUT2D eigenvalue weighted by Crippen LogP contribution is 2.52. The number of hydrogen-bond donors (Lipinski definition) is 2. The van der Waals surface area contributed by atoms with Crippen molar-refractivity contribution in [2.24, 2.45) is 10.8 Å². The molecule has 2 N–H and O–H groups in total. The number of rotatable bonds is 1. The van der Waals surface area contributed by atoms with E-state index in [4.69, 9.17) is 12.2 Å². The lowest BCUT2D eigenvalue weighted by Gasteiger charge is -2.39. The Morgan fingerprint density at radius 1 is 1.36 bits per heavy atom. The second kappa shape index (κ2) is 5.53. The van der Waals surface area contributed by atoms with Crippen molar-refractivity contribution in [1.82, 2.24) is 14.9 Å². The monoisotopic (exact) mass is 356 g/mol. The number of nitrogens with zero attached hydrogens (tertiary/aromatic N) is 2. The number of thiocarbonyl (C=S) groups is 1. The van der Waals surface area contributed by atoms with E-state index < -0.39 is 0 Å². The van der Waals surface area contributed by atoms with Crippen molar-refractivity contribution in [2.45, 2.75) is 46.1 Å². The van der Waals surface area contributed by atoms with Gasteiger partial charge >= 0.3 is 0 Å². The van der Waals surface area contributed by atoms with E-state index in [2.05, 4.69) is 41.0 Å². The summed E-state index contributed by atoms with van der Waals surface area (Å²) in [6, 6.07) is 6.10. The summed E-state index contributed by atoms with van der Waals surface area (Å²) in [7, 11) is 0. The van der Waals surface area contributed by atoms with Crippen LogP contribution in [0.4, 0.5) is 5.69 Å². The molecule has 5 nitrogen and oxygen atoms in total. The van der Waals surface area contributed by atoms with Crippen molar-refractivity contribution < 1.29 is 0 Å². The summed E-state index contributed by atoms with van der Waals surface area (Å²) < 4.78 is 0. The molecule has 0 spiro atoms. The van der Waals surface area contributed by atoms with Gasteiger partial charge in [-0.3, -0.25) is 4.79 Å². The molecule has 2 bridgehead atoms. The van der Waals surface area contributed by atoms with E-state index in [0.29, 0.717) is 27.8 Å². The molecule has 1 aromatic carbocycles. The lowest BCUT2D eigenvalue weighted by molar-refractivity contribution is 0.132. The van der Waals surface area contributed by atoms with E-state index >= 15 is 0 Å². The fourth-order valence-electron chi connectivity index (χ4n) is 5.04. The molecule has 2 aliphatic rings. The van der Waals surface area contributed by atoms with E-state index in [0.717, 1.165) is 17.3 Å². The Labute approximate surface area is 152 Å². The maximum Gasteiger partial charge on any atom is 0.258 e. The molecule has 1 saturated heterocycles. The number of H-pyrrole nitrogens is 1. The smallest absolute Gasteiger partial charge is 0.258 e. The average Bonchev–Trinajstić information content (AvgIpc) is 2.77. The molecule has 2 fully saturated rings. The first kappa shape index (κ1) is 16.5. The maximum atomic E-state index is 12.0. The molecule has 1 aliphatic carbocycles. The number of likely N-dealkylation sites (tertiary alicyclic amines) is 1. The summed E-state index contributed by atoms with van der Waals surface area (Å²) in [6.45, 7) is 8.10. The Morgan fingerprint density at radius 2 is 2.16 bits per heavy atom. The highest BCUT2D eigenvalue weighted by Gasteiger charge is 2.50. The summed E-state index contributed by atoms with van der Waals surface area (Å²) >= 11 is 5.71. The highest BCUT2D eigenvalue weighted by atomic mass is 32.1. The molecule has 1 aromatic heterocycles. The van der Waals surface area contributed by atoms with Gasteiger partial charge in [0.25, 0.3) is 5.56 Å². The topological polar surface area (TPSA) is 61.0 Å².